The van der Waals surface area contributed by atoms with Crippen LogP contribution in [0.25, 0.3) is 22.5 Å². The molecule has 8 nitrogen and oxygen atoms in total. The van der Waals surface area contributed by atoms with Crippen LogP contribution < -0.4 is 28.7 Å². The summed E-state index contributed by atoms with van der Waals surface area (Å²) in [5, 5.41) is 0. The Morgan fingerprint density at radius 3 is 1.28 bits per heavy atom. The second kappa shape index (κ2) is 15.0. The average Bonchev–Trinajstić information content (AvgIpc) is 2.96. The fourth-order valence-electron chi connectivity index (χ4n) is 3.52. The Morgan fingerprint density at radius 1 is 0.590 bits per heavy atom. The van der Waals surface area contributed by atoms with Crippen molar-refractivity contribution in [2.24, 2.45) is 0 Å². The zero-order valence-electron chi connectivity index (χ0n) is 23.5. The fraction of sp³-hybridized carbons (Fsp3) is 0.267. The minimum atomic E-state index is 0. The van der Waals surface area contributed by atoms with E-state index in [1.165, 1.54) is 0 Å². The zero-order chi connectivity index (χ0) is 27.7. The maximum Gasteiger partial charge on any atom is 2.00 e. The molecule has 0 aliphatic heterocycles. The molecule has 39 heavy (non-hydrogen) atoms. The largest absolute Gasteiger partial charge is 2.00 e. The molecule has 2 aromatic heterocycles. The molecule has 0 aliphatic carbocycles. The van der Waals surface area contributed by atoms with E-state index in [2.05, 4.69) is 22.1 Å². The van der Waals surface area contributed by atoms with Crippen molar-refractivity contribution >= 4 is 11.4 Å². The summed E-state index contributed by atoms with van der Waals surface area (Å²) in [6.45, 7) is 0. The number of anilines is 2. The first-order chi connectivity index (χ1) is 18.3. The van der Waals surface area contributed by atoms with E-state index in [1.54, 1.807) is 40.8 Å². The summed E-state index contributed by atoms with van der Waals surface area (Å²) in [6.07, 6.45) is 3.42. The molecule has 0 bridgehead atoms. The Kier molecular flexibility index (Phi) is 12.1. The number of pyridine rings is 2. The molecular weight excluding hydrogens is 675 g/mol. The van der Waals surface area contributed by atoms with E-state index in [9.17, 15) is 0 Å². The van der Waals surface area contributed by atoms with Crippen LogP contribution in [0.15, 0.2) is 60.9 Å². The number of ether oxygens (including phenoxy) is 4. The van der Waals surface area contributed by atoms with Crippen molar-refractivity contribution in [2.75, 3.05) is 66.4 Å². The Balaban J connectivity index is 0.000000267. The van der Waals surface area contributed by atoms with Crippen molar-refractivity contribution in [3.63, 3.8) is 0 Å². The van der Waals surface area contributed by atoms with Crippen LogP contribution in [0.5, 0.6) is 23.0 Å². The molecule has 0 unspecified atom stereocenters. The van der Waals surface area contributed by atoms with Crippen LogP contribution in [-0.2, 0) is 21.1 Å². The molecule has 2 heterocycles. The predicted molar refractivity (Wildman–Crippen MR) is 152 cm³/mol. The quantitative estimate of drug-likeness (QED) is 0.230. The first-order valence-electron chi connectivity index (χ1n) is 11.9. The minimum Gasteiger partial charge on any atom is -0.540 e. The van der Waals surface area contributed by atoms with Gasteiger partial charge in [0.05, 0.1) is 28.4 Å². The van der Waals surface area contributed by atoms with E-state index in [0.29, 0.717) is 0 Å². The van der Waals surface area contributed by atoms with Crippen molar-refractivity contribution in [3.05, 3.63) is 73.1 Å². The first-order valence-corrected chi connectivity index (χ1v) is 11.9. The first kappa shape index (κ1) is 31.4. The van der Waals surface area contributed by atoms with E-state index >= 15 is 0 Å². The molecule has 0 saturated carbocycles. The monoisotopic (exact) mass is 709 g/mol. The van der Waals surface area contributed by atoms with Crippen molar-refractivity contribution in [1.82, 2.24) is 9.97 Å². The maximum atomic E-state index is 5.43. The van der Waals surface area contributed by atoms with Crippen molar-refractivity contribution in [2.45, 2.75) is 0 Å². The standard InChI is InChI=1S/2C15H17N2O2.Pt/c2*1-17(2)11-5-6-13(15(9-11)19-4)14-10-12(18-3)7-8-16-14;/h2*5,7-10H,1-4H3;/q2*-1;+2. The number of hydrogen-bond donors (Lipinski definition) is 0. The molecule has 0 aliphatic rings. The van der Waals surface area contributed by atoms with Gasteiger partial charge in [-0.25, -0.2) is 0 Å². The van der Waals surface area contributed by atoms with Crippen LogP contribution in [0.4, 0.5) is 11.4 Å². The van der Waals surface area contributed by atoms with Gasteiger partial charge in [-0.05, 0) is 75.2 Å². The van der Waals surface area contributed by atoms with Crippen molar-refractivity contribution in [3.8, 4) is 45.5 Å². The second-order valence-corrected chi connectivity index (χ2v) is 8.55. The predicted octanol–water partition coefficient (Wildman–Crippen LogP) is 5.26. The third kappa shape index (κ3) is 8.11. The third-order valence-corrected chi connectivity index (χ3v) is 5.70. The molecule has 208 valence electrons. The minimum absolute atomic E-state index is 0. The Labute approximate surface area is 245 Å². The number of rotatable bonds is 8. The molecule has 0 spiro atoms. The molecular formula is C30H34N4O4Pt. The van der Waals surface area contributed by atoms with Crippen LogP contribution in [-0.4, -0.2) is 66.6 Å². The van der Waals surface area contributed by atoms with Gasteiger partial charge in [0.25, 0.3) is 0 Å². The molecule has 4 aromatic rings. The number of hydrogen-bond acceptors (Lipinski definition) is 8. The van der Waals surface area contributed by atoms with Crippen molar-refractivity contribution < 1.29 is 40.0 Å². The van der Waals surface area contributed by atoms with Gasteiger partial charge < -0.3 is 38.7 Å². The van der Waals surface area contributed by atoms with Gasteiger partial charge in [-0.2, -0.15) is 0 Å². The second-order valence-electron chi connectivity index (χ2n) is 8.55. The summed E-state index contributed by atoms with van der Waals surface area (Å²) < 4.78 is 21.3. The molecule has 2 aromatic carbocycles. The van der Waals surface area contributed by atoms with Gasteiger partial charge in [-0.3, -0.25) is 0 Å². The van der Waals surface area contributed by atoms with Crippen LogP contribution in [0.1, 0.15) is 0 Å². The average molecular weight is 710 g/mol. The van der Waals surface area contributed by atoms with E-state index < -0.39 is 0 Å². The zero-order valence-corrected chi connectivity index (χ0v) is 25.8. The van der Waals surface area contributed by atoms with Gasteiger partial charge >= 0.3 is 21.1 Å². The van der Waals surface area contributed by atoms with Crippen LogP contribution in [0.2, 0.25) is 0 Å². The Morgan fingerprint density at radius 2 is 0.974 bits per heavy atom. The van der Waals surface area contributed by atoms with Gasteiger partial charge in [0.15, 0.2) is 0 Å². The van der Waals surface area contributed by atoms with Gasteiger partial charge in [0.1, 0.15) is 11.5 Å². The van der Waals surface area contributed by atoms with E-state index in [4.69, 9.17) is 18.9 Å². The molecule has 9 heteroatoms. The molecule has 0 amide bonds. The maximum absolute atomic E-state index is 5.43. The van der Waals surface area contributed by atoms with Gasteiger partial charge in [-0.15, -0.1) is 24.3 Å². The Bertz CT molecular complexity index is 1250. The SMILES string of the molecule is COc1ccnc(-c2[c-]cc(N(C)C)cc2OC)c1.COc1ccnc(-c2[c-]cc(N(C)C)cc2OC)c1.[Pt+2]. The van der Waals surface area contributed by atoms with Crippen molar-refractivity contribution in [1.29, 1.82) is 0 Å². The van der Waals surface area contributed by atoms with E-state index in [0.717, 1.165) is 56.9 Å². The molecule has 0 atom stereocenters. The number of benzene rings is 2. The molecule has 0 fully saturated rings. The van der Waals surface area contributed by atoms with Crippen LogP contribution in [0.3, 0.4) is 0 Å². The summed E-state index contributed by atoms with van der Waals surface area (Å²) in [7, 11) is 14.5. The van der Waals surface area contributed by atoms with Crippen LogP contribution >= 0.6 is 0 Å². The fourth-order valence-corrected chi connectivity index (χ4v) is 3.52. The molecule has 0 radical (unpaired) electrons. The molecule has 0 N–H and O–H groups in total. The van der Waals surface area contributed by atoms with E-state index in [1.807, 2.05) is 86.5 Å². The third-order valence-electron chi connectivity index (χ3n) is 5.70. The molecule has 4 rings (SSSR count). The van der Waals surface area contributed by atoms with Gasteiger partial charge in [0.2, 0.25) is 0 Å². The van der Waals surface area contributed by atoms with E-state index in [-0.39, 0.29) is 21.1 Å². The summed E-state index contributed by atoms with van der Waals surface area (Å²) in [5.41, 5.74) is 5.27. The number of aromatic nitrogens is 2. The van der Waals surface area contributed by atoms with Gasteiger partial charge in [-0.1, -0.05) is 23.3 Å². The molecule has 0 saturated heterocycles. The summed E-state index contributed by atoms with van der Waals surface area (Å²) in [6, 6.07) is 21.6. The number of nitrogens with zero attached hydrogens (tertiary/aromatic N) is 4. The van der Waals surface area contributed by atoms with Gasteiger partial charge in [0, 0.05) is 23.9 Å². The Hall–Kier alpha value is -3.77. The normalized spacial score (nSPS) is 9.85. The smallest absolute Gasteiger partial charge is 0.540 e. The topological polar surface area (TPSA) is 69.2 Å². The summed E-state index contributed by atoms with van der Waals surface area (Å²) in [5.74, 6) is 3.01. The van der Waals surface area contributed by atoms with Crippen LogP contribution in [0, 0.1) is 12.1 Å². The number of methoxy groups -OCH3 is 4. The summed E-state index contributed by atoms with van der Waals surface area (Å²) >= 11 is 0. The summed E-state index contributed by atoms with van der Waals surface area (Å²) in [4.78, 5) is 12.7.